The van der Waals surface area contributed by atoms with Gasteiger partial charge in [-0.1, -0.05) is 17.7 Å². The summed E-state index contributed by atoms with van der Waals surface area (Å²) in [7, 11) is 0. The predicted octanol–water partition coefficient (Wildman–Crippen LogP) is 4.57. The van der Waals surface area contributed by atoms with Crippen molar-refractivity contribution in [2.24, 2.45) is 0 Å². The van der Waals surface area contributed by atoms with Crippen molar-refractivity contribution in [3.63, 3.8) is 0 Å². The van der Waals surface area contributed by atoms with Crippen molar-refractivity contribution in [3.05, 3.63) is 52.7 Å². The lowest BCUT2D eigenvalue weighted by molar-refractivity contribution is 0.458. The van der Waals surface area contributed by atoms with Gasteiger partial charge in [0.15, 0.2) is 0 Å². The molecule has 0 aliphatic heterocycles. The molecule has 0 radical (unpaired) electrons. The molecule has 1 aromatic carbocycles. The molecule has 0 aliphatic rings. The lowest BCUT2D eigenvalue weighted by atomic mass is 10.2. The van der Waals surface area contributed by atoms with Crippen LogP contribution < -0.4 is 4.74 Å². The topological polar surface area (TPSA) is 22.1 Å². The minimum atomic E-state index is 0.371. The molecule has 0 amide bonds. The lowest BCUT2D eigenvalue weighted by Crippen LogP contribution is -1.92. The van der Waals surface area contributed by atoms with E-state index in [1.807, 2.05) is 31.2 Å². The van der Waals surface area contributed by atoms with Crippen molar-refractivity contribution in [1.82, 2.24) is 4.98 Å². The van der Waals surface area contributed by atoms with Crippen LogP contribution in [0.5, 0.6) is 11.6 Å². The second kappa shape index (κ2) is 5.39. The molecular weight excluding hydrogens is 257 g/mol. The standard InChI is InChI=1S/C13H11Cl2NO/c1-9-7-11(4-5-12(9)15)17-13-10(8-14)3-2-6-16-13/h2-7H,8H2,1H3. The van der Waals surface area contributed by atoms with Crippen molar-refractivity contribution in [1.29, 1.82) is 0 Å². The van der Waals surface area contributed by atoms with E-state index in [1.54, 1.807) is 12.3 Å². The van der Waals surface area contributed by atoms with E-state index >= 15 is 0 Å². The second-order valence-electron chi connectivity index (χ2n) is 3.61. The largest absolute Gasteiger partial charge is 0.439 e. The molecule has 2 rings (SSSR count). The molecule has 0 saturated carbocycles. The van der Waals surface area contributed by atoms with Gasteiger partial charge in [-0.3, -0.25) is 0 Å². The van der Waals surface area contributed by atoms with Gasteiger partial charge in [-0.25, -0.2) is 4.98 Å². The smallest absolute Gasteiger partial charge is 0.223 e. The van der Waals surface area contributed by atoms with Crippen molar-refractivity contribution in [3.8, 4) is 11.6 Å². The Hall–Kier alpha value is -1.25. The number of ether oxygens (including phenoxy) is 1. The highest BCUT2D eigenvalue weighted by molar-refractivity contribution is 6.31. The minimum Gasteiger partial charge on any atom is -0.439 e. The molecule has 17 heavy (non-hydrogen) atoms. The maximum Gasteiger partial charge on any atom is 0.223 e. The average Bonchev–Trinajstić information content (AvgIpc) is 2.34. The fourth-order valence-corrected chi connectivity index (χ4v) is 1.73. The zero-order valence-electron chi connectivity index (χ0n) is 9.28. The summed E-state index contributed by atoms with van der Waals surface area (Å²) in [6.45, 7) is 1.93. The van der Waals surface area contributed by atoms with Crippen LogP contribution in [0.25, 0.3) is 0 Å². The van der Waals surface area contributed by atoms with Crippen LogP contribution in [0.1, 0.15) is 11.1 Å². The number of hydrogen-bond acceptors (Lipinski definition) is 2. The third kappa shape index (κ3) is 2.90. The zero-order chi connectivity index (χ0) is 12.3. The number of hydrogen-bond donors (Lipinski definition) is 0. The number of rotatable bonds is 3. The maximum atomic E-state index is 5.95. The quantitative estimate of drug-likeness (QED) is 0.760. The molecule has 2 aromatic rings. The Morgan fingerprint density at radius 2 is 2.12 bits per heavy atom. The minimum absolute atomic E-state index is 0.371. The third-order valence-corrected chi connectivity index (χ3v) is 3.05. The molecule has 4 heteroatoms. The summed E-state index contributed by atoms with van der Waals surface area (Å²) >= 11 is 11.8. The number of aryl methyl sites for hydroxylation is 1. The molecule has 0 aliphatic carbocycles. The van der Waals surface area contributed by atoms with Crippen LogP contribution in [-0.2, 0) is 5.88 Å². The Morgan fingerprint density at radius 3 is 2.82 bits per heavy atom. The van der Waals surface area contributed by atoms with E-state index in [0.717, 1.165) is 16.1 Å². The summed E-state index contributed by atoms with van der Waals surface area (Å²) in [5, 5.41) is 0.718. The number of pyridine rings is 1. The number of alkyl halides is 1. The molecule has 0 saturated heterocycles. The number of nitrogens with zero attached hydrogens (tertiary/aromatic N) is 1. The van der Waals surface area contributed by atoms with Gasteiger partial charge in [-0.15, -0.1) is 11.6 Å². The van der Waals surface area contributed by atoms with Crippen molar-refractivity contribution in [2.75, 3.05) is 0 Å². The van der Waals surface area contributed by atoms with Crippen LogP contribution in [0, 0.1) is 6.92 Å². The molecule has 1 heterocycles. The summed E-state index contributed by atoms with van der Waals surface area (Å²) < 4.78 is 5.68. The van der Waals surface area contributed by atoms with Gasteiger partial charge >= 0.3 is 0 Å². The van der Waals surface area contributed by atoms with Gasteiger partial charge in [-0.2, -0.15) is 0 Å². The molecule has 88 valence electrons. The predicted molar refractivity (Wildman–Crippen MR) is 70.1 cm³/mol. The van der Waals surface area contributed by atoms with E-state index in [0.29, 0.717) is 17.5 Å². The van der Waals surface area contributed by atoms with Gasteiger partial charge in [0.25, 0.3) is 0 Å². The summed E-state index contributed by atoms with van der Waals surface area (Å²) in [5.74, 6) is 1.61. The first-order valence-electron chi connectivity index (χ1n) is 5.14. The van der Waals surface area contributed by atoms with E-state index in [-0.39, 0.29) is 0 Å². The van der Waals surface area contributed by atoms with Crippen LogP contribution in [0.3, 0.4) is 0 Å². The molecule has 0 atom stereocenters. The van der Waals surface area contributed by atoms with E-state index in [2.05, 4.69) is 4.98 Å². The van der Waals surface area contributed by atoms with Gasteiger partial charge in [0, 0.05) is 16.8 Å². The highest BCUT2D eigenvalue weighted by Gasteiger charge is 2.05. The Balaban J connectivity index is 2.28. The highest BCUT2D eigenvalue weighted by Crippen LogP contribution is 2.27. The number of halogens is 2. The van der Waals surface area contributed by atoms with Crippen molar-refractivity contribution < 1.29 is 4.74 Å². The molecule has 2 nitrogen and oxygen atoms in total. The maximum absolute atomic E-state index is 5.95. The van der Waals surface area contributed by atoms with Gasteiger partial charge < -0.3 is 4.74 Å². The second-order valence-corrected chi connectivity index (χ2v) is 4.29. The van der Waals surface area contributed by atoms with Crippen LogP contribution in [-0.4, -0.2) is 4.98 Å². The fraction of sp³-hybridized carbons (Fsp3) is 0.154. The average molecular weight is 268 g/mol. The summed E-state index contributed by atoms with van der Waals surface area (Å²) in [5.41, 5.74) is 1.83. The summed E-state index contributed by atoms with van der Waals surface area (Å²) in [4.78, 5) is 4.16. The first-order chi connectivity index (χ1) is 8.20. The van der Waals surface area contributed by atoms with Crippen LogP contribution in [0.2, 0.25) is 5.02 Å². The Kier molecular flexibility index (Phi) is 3.87. The Bertz CT molecular complexity index is 529. The van der Waals surface area contributed by atoms with Crippen LogP contribution in [0.4, 0.5) is 0 Å². The van der Waals surface area contributed by atoms with E-state index in [9.17, 15) is 0 Å². The van der Waals surface area contributed by atoms with Gasteiger partial charge in [0.05, 0.1) is 5.88 Å². The first-order valence-corrected chi connectivity index (χ1v) is 6.06. The molecule has 0 unspecified atom stereocenters. The van der Waals surface area contributed by atoms with Gasteiger partial charge in [-0.05, 0) is 36.8 Å². The van der Waals surface area contributed by atoms with Crippen LogP contribution >= 0.6 is 23.2 Å². The van der Waals surface area contributed by atoms with E-state index < -0.39 is 0 Å². The lowest BCUT2D eigenvalue weighted by Gasteiger charge is -2.08. The summed E-state index contributed by atoms with van der Waals surface area (Å²) in [6, 6.07) is 9.20. The monoisotopic (exact) mass is 267 g/mol. The Labute approximate surface area is 110 Å². The van der Waals surface area contributed by atoms with Gasteiger partial charge in [0.1, 0.15) is 5.75 Å². The summed E-state index contributed by atoms with van der Waals surface area (Å²) in [6.07, 6.45) is 1.67. The number of benzene rings is 1. The van der Waals surface area contributed by atoms with E-state index in [4.69, 9.17) is 27.9 Å². The third-order valence-electron chi connectivity index (χ3n) is 2.34. The molecule has 0 bridgehead atoms. The fourth-order valence-electron chi connectivity index (χ4n) is 1.41. The van der Waals surface area contributed by atoms with Crippen molar-refractivity contribution >= 4 is 23.2 Å². The van der Waals surface area contributed by atoms with E-state index in [1.165, 1.54) is 0 Å². The Morgan fingerprint density at radius 1 is 1.29 bits per heavy atom. The number of aromatic nitrogens is 1. The zero-order valence-corrected chi connectivity index (χ0v) is 10.8. The molecular formula is C13H11Cl2NO. The highest BCUT2D eigenvalue weighted by atomic mass is 35.5. The van der Waals surface area contributed by atoms with Crippen LogP contribution in [0.15, 0.2) is 36.5 Å². The normalized spacial score (nSPS) is 10.3. The molecule has 0 N–H and O–H groups in total. The van der Waals surface area contributed by atoms with Gasteiger partial charge in [0.2, 0.25) is 5.88 Å². The molecule has 0 fully saturated rings. The molecule has 1 aromatic heterocycles. The molecule has 0 spiro atoms. The van der Waals surface area contributed by atoms with Crippen molar-refractivity contribution in [2.45, 2.75) is 12.8 Å². The first kappa shape index (κ1) is 12.2. The SMILES string of the molecule is Cc1cc(Oc2ncccc2CCl)ccc1Cl.